The summed E-state index contributed by atoms with van der Waals surface area (Å²) in [5, 5.41) is 1.24. The van der Waals surface area contributed by atoms with Crippen molar-refractivity contribution in [3.05, 3.63) is 33.8 Å². The van der Waals surface area contributed by atoms with Gasteiger partial charge in [0.2, 0.25) is 0 Å². The van der Waals surface area contributed by atoms with Crippen molar-refractivity contribution in [2.45, 2.75) is 19.5 Å². The number of benzene rings is 1. The van der Waals surface area contributed by atoms with Crippen molar-refractivity contribution in [2.75, 3.05) is 19.8 Å². The van der Waals surface area contributed by atoms with Gasteiger partial charge in [-0.15, -0.1) is 24.8 Å². The summed E-state index contributed by atoms with van der Waals surface area (Å²) in [6, 6.07) is 6.27. The second-order valence-corrected chi connectivity index (χ2v) is 4.96. The van der Waals surface area contributed by atoms with Crippen molar-refractivity contribution in [2.24, 2.45) is 0 Å². The Bertz CT molecular complexity index is 375. The van der Waals surface area contributed by atoms with Crippen LogP contribution in [0.3, 0.4) is 0 Å². The maximum absolute atomic E-state index is 5.99. The van der Waals surface area contributed by atoms with Crippen LogP contribution >= 0.6 is 48.0 Å². The molecule has 0 radical (unpaired) electrons. The first-order valence-corrected chi connectivity index (χ1v) is 6.18. The Labute approximate surface area is 130 Å². The van der Waals surface area contributed by atoms with Crippen molar-refractivity contribution in [3.63, 3.8) is 0 Å². The Balaban J connectivity index is 0.00000144. The monoisotopic (exact) mass is 331 g/mol. The zero-order valence-corrected chi connectivity index (χ0v) is 13.2. The van der Waals surface area contributed by atoms with Gasteiger partial charge in [-0.1, -0.05) is 29.3 Å². The highest BCUT2D eigenvalue weighted by molar-refractivity contribution is 6.42. The van der Waals surface area contributed by atoms with Gasteiger partial charge < -0.3 is 4.74 Å². The van der Waals surface area contributed by atoms with Crippen molar-refractivity contribution >= 4 is 48.0 Å². The van der Waals surface area contributed by atoms with Gasteiger partial charge in [-0.05, 0) is 24.6 Å². The van der Waals surface area contributed by atoms with Crippen molar-refractivity contribution < 1.29 is 4.74 Å². The molecular weight excluding hydrogens is 316 g/mol. The molecule has 1 aromatic carbocycles. The van der Waals surface area contributed by atoms with Crippen LogP contribution in [-0.2, 0) is 11.3 Å². The summed E-state index contributed by atoms with van der Waals surface area (Å²) in [5.41, 5.74) is 1.20. The molecule has 0 aliphatic carbocycles. The van der Waals surface area contributed by atoms with Gasteiger partial charge >= 0.3 is 0 Å². The molecule has 2 nitrogen and oxygen atoms in total. The van der Waals surface area contributed by atoms with E-state index in [1.807, 2.05) is 18.2 Å². The molecule has 104 valence electrons. The predicted octanol–water partition coefficient (Wildman–Crippen LogP) is 4.06. The molecule has 18 heavy (non-hydrogen) atoms. The van der Waals surface area contributed by atoms with E-state index in [1.54, 1.807) is 0 Å². The standard InChI is InChI=1S/C12H15Cl2NO.2ClH/c1-9-8-16-5-4-15(9)7-10-2-3-11(13)12(14)6-10;;/h2-3,6,9H,4-5,7-8H2,1H3;2*1H. The van der Waals surface area contributed by atoms with Crippen LogP contribution in [0.25, 0.3) is 0 Å². The lowest BCUT2D eigenvalue weighted by atomic mass is 10.1. The molecule has 1 atom stereocenters. The van der Waals surface area contributed by atoms with E-state index in [9.17, 15) is 0 Å². The van der Waals surface area contributed by atoms with Crippen LogP contribution in [-0.4, -0.2) is 30.7 Å². The second-order valence-electron chi connectivity index (χ2n) is 4.14. The Kier molecular flexibility index (Phi) is 8.61. The van der Waals surface area contributed by atoms with E-state index in [0.29, 0.717) is 16.1 Å². The minimum absolute atomic E-state index is 0. The molecule has 6 heteroatoms. The molecule has 0 saturated carbocycles. The lowest BCUT2D eigenvalue weighted by Gasteiger charge is -2.33. The Morgan fingerprint density at radius 2 is 2.00 bits per heavy atom. The molecule has 1 heterocycles. The van der Waals surface area contributed by atoms with E-state index in [0.717, 1.165) is 26.3 Å². The lowest BCUT2D eigenvalue weighted by Crippen LogP contribution is -2.42. The van der Waals surface area contributed by atoms with Crippen LogP contribution in [0.5, 0.6) is 0 Å². The number of ether oxygens (including phenoxy) is 1. The topological polar surface area (TPSA) is 12.5 Å². The number of hydrogen-bond donors (Lipinski definition) is 0. The van der Waals surface area contributed by atoms with E-state index in [1.165, 1.54) is 5.56 Å². The summed E-state index contributed by atoms with van der Waals surface area (Å²) in [4.78, 5) is 2.39. The highest BCUT2D eigenvalue weighted by Crippen LogP contribution is 2.23. The third-order valence-electron chi connectivity index (χ3n) is 2.87. The van der Waals surface area contributed by atoms with Crippen molar-refractivity contribution in [3.8, 4) is 0 Å². The van der Waals surface area contributed by atoms with Gasteiger partial charge in [-0.2, -0.15) is 0 Å². The fourth-order valence-corrected chi connectivity index (χ4v) is 2.19. The predicted molar refractivity (Wildman–Crippen MR) is 81.6 cm³/mol. The zero-order valence-electron chi connectivity index (χ0n) is 10.1. The van der Waals surface area contributed by atoms with E-state index in [-0.39, 0.29) is 24.8 Å². The second kappa shape index (κ2) is 8.47. The molecule has 1 fully saturated rings. The SMILES string of the molecule is CC1COCCN1Cc1ccc(Cl)c(Cl)c1.Cl.Cl. The first-order chi connectivity index (χ1) is 7.66. The highest BCUT2D eigenvalue weighted by atomic mass is 35.5. The van der Waals surface area contributed by atoms with Gasteiger partial charge in [0.05, 0.1) is 23.3 Å². The molecule has 0 bridgehead atoms. The molecule has 0 N–H and O–H groups in total. The molecule has 1 aliphatic rings. The minimum atomic E-state index is 0. The van der Waals surface area contributed by atoms with E-state index < -0.39 is 0 Å². The molecule has 0 aromatic heterocycles. The van der Waals surface area contributed by atoms with Gasteiger partial charge in [0.1, 0.15) is 0 Å². The van der Waals surface area contributed by atoms with E-state index in [2.05, 4.69) is 11.8 Å². The highest BCUT2D eigenvalue weighted by Gasteiger charge is 2.18. The fraction of sp³-hybridized carbons (Fsp3) is 0.500. The average Bonchev–Trinajstić information content (AvgIpc) is 2.27. The molecule has 0 spiro atoms. The van der Waals surface area contributed by atoms with Crippen molar-refractivity contribution in [1.29, 1.82) is 0 Å². The van der Waals surface area contributed by atoms with E-state index in [4.69, 9.17) is 27.9 Å². The van der Waals surface area contributed by atoms with E-state index >= 15 is 0 Å². The summed E-state index contributed by atoms with van der Waals surface area (Å²) >= 11 is 11.9. The summed E-state index contributed by atoms with van der Waals surface area (Å²) in [6.07, 6.45) is 0. The van der Waals surface area contributed by atoms with Gasteiger partial charge in [0, 0.05) is 19.1 Å². The van der Waals surface area contributed by atoms with Gasteiger partial charge in [0.15, 0.2) is 0 Å². The first kappa shape index (κ1) is 18.3. The summed E-state index contributed by atoms with van der Waals surface area (Å²) < 4.78 is 5.40. The lowest BCUT2D eigenvalue weighted by molar-refractivity contribution is -0.00436. The normalized spacial score (nSPS) is 19.8. The molecule has 1 unspecified atom stereocenters. The Hall–Kier alpha value is 0.300. The van der Waals surface area contributed by atoms with Crippen LogP contribution in [0.15, 0.2) is 18.2 Å². The smallest absolute Gasteiger partial charge is 0.0619 e. The summed E-state index contributed by atoms with van der Waals surface area (Å²) in [5.74, 6) is 0. The molecule has 1 aromatic rings. The summed E-state index contributed by atoms with van der Waals surface area (Å²) in [7, 11) is 0. The van der Waals surface area contributed by atoms with Crippen LogP contribution in [0.1, 0.15) is 12.5 Å². The maximum Gasteiger partial charge on any atom is 0.0619 e. The molecule has 2 rings (SSSR count). The largest absolute Gasteiger partial charge is 0.379 e. The van der Waals surface area contributed by atoms with Crippen LogP contribution in [0.2, 0.25) is 10.0 Å². The van der Waals surface area contributed by atoms with Gasteiger partial charge in [-0.3, -0.25) is 4.90 Å². The molecule has 1 aliphatic heterocycles. The van der Waals surface area contributed by atoms with Crippen LogP contribution < -0.4 is 0 Å². The van der Waals surface area contributed by atoms with Crippen LogP contribution in [0.4, 0.5) is 0 Å². The Morgan fingerprint density at radius 1 is 1.28 bits per heavy atom. The molecule has 0 amide bonds. The Morgan fingerprint density at radius 3 is 2.61 bits per heavy atom. The molecule has 1 saturated heterocycles. The van der Waals surface area contributed by atoms with Gasteiger partial charge in [-0.25, -0.2) is 0 Å². The third-order valence-corrected chi connectivity index (χ3v) is 3.61. The number of hydrogen-bond acceptors (Lipinski definition) is 2. The fourth-order valence-electron chi connectivity index (χ4n) is 1.87. The maximum atomic E-state index is 5.99. The number of halogens is 4. The minimum Gasteiger partial charge on any atom is -0.379 e. The third kappa shape index (κ3) is 4.76. The van der Waals surface area contributed by atoms with Gasteiger partial charge in [0.25, 0.3) is 0 Å². The number of rotatable bonds is 2. The van der Waals surface area contributed by atoms with Crippen LogP contribution in [0, 0.1) is 0 Å². The average molecular weight is 333 g/mol. The quantitative estimate of drug-likeness (QED) is 0.809. The first-order valence-electron chi connectivity index (χ1n) is 5.42. The summed E-state index contributed by atoms with van der Waals surface area (Å²) in [6.45, 7) is 5.67. The zero-order chi connectivity index (χ0) is 11.5. The van der Waals surface area contributed by atoms with Crippen molar-refractivity contribution in [1.82, 2.24) is 4.90 Å². The number of morpholine rings is 1. The molecular formula is C12H17Cl4NO. The number of nitrogens with zero attached hydrogens (tertiary/aromatic N) is 1.